The lowest BCUT2D eigenvalue weighted by Gasteiger charge is -2.29. The molecule has 4 rings (SSSR count). The average molecular weight is 504 g/mol. The number of halogens is 3. The zero-order valence-corrected chi connectivity index (χ0v) is 18.9. The van der Waals surface area contributed by atoms with Gasteiger partial charge in [-0.2, -0.15) is 8.42 Å². The number of nitrogens with one attached hydrogen (secondary N) is 1. The maximum absolute atomic E-state index is 12.5. The van der Waals surface area contributed by atoms with Crippen LogP contribution in [0.15, 0.2) is 42.6 Å². The maximum atomic E-state index is 12.5. The molecule has 0 aliphatic carbocycles. The second-order valence-electron chi connectivity index (χ2n) is 7.78. The van der Waals surface area contributed by atoms with Crippen molar-refractivity contribution in [1.82, 2.24) is 19.5 Å². The third-order valence-electron chi connectivity index (χ3n) is 5.14. The summed E-state index contributed by atoms with van der Waals surface area (Å²) >= 11 is 0. The molecule has 10 nitrogen and oxygen atoms in total. The molecule has 0 atom stereocenters. The Balaban J connectivity index is 0.000000588. The summed E-state index contributed by atoms with van der Waals surface area (Å²) in [6.07, 6.45) is -0.848. The van der Waals surface area contributed by atoms with E-state index in [1.807, 2.05) is 12.1 Å². The van der Waals surface area contributed by atoms with Gasteiger partial charge in [-0.05, 0) is 63.2 Å². The lowest BCUT2D eigenvalue weighted by atomic mass is 9.97. The van der Waals surface area contributed by atoms with E-state index in [2.05, 4.69) is 32.1 Å². The first-order valence-electron chi connectivity index (χ1n) is 10.2. The van der Waals surface area contributed by atoms with Crippen LogP contribution < -0.4 is 10.1 Å². The van der Waals surface area contributed by atoms with E-state index in [9.17, 15) is 13.2 Å². The van der Waals surface area contributed by atoms with Crippen LogP contribution in [0.2, 0.25) is 0 Å². The van der Waals surface area contributed by atoms with E-state index in [1.54, 1.807) is 16.8 Å². The van der Waals surface area contributed by atoms with Crippen LogP contribution in [0.25, 0.3) is 16.9 Å². The van der Waals surface area contributed by atoms with Crippen molar-refractivity contribution in [3.05, 3.63) is 42.6 Å². The summed E-state index contributed by atoms with van der Waals surface area (Å²) in [5, 5.41) is 7.97. The minimum absolute atomic E-state index is 0.276. The topological polar surface area (TPSA) is 129 Å². The van der Waals surface area contributed by atoms with E-state index in [-0.39, 0.29) is 5.75 Å². The van der Waals surface area contributed by atoms with Crippen molar-refractivity contribution < 1.29 is 35.4 Å². The molecule has 0 amide bonds. The number of rotatable bonds is 5. The molecule has 34 heavy (non-hydrogen) atoms. The van der Waals surface area contributed by atoms with Crippen LogP contribution in [0, 0.1) is 5.92 Å². The van der Waals surface area contributed by atoms with Gasteiger partial charge in [-0.3, -0.25) is 9.11 Å². The molecule has 14 heteroatoms. The van der Waals surface area contributed by atoms with Crippen molar-refractivity contribution in [2.45, 2.75) is 19.2 Å². The quantitative estimate of drug-likeness (QED) is 0.449. The fourth-order valence-electron chi connectivity index (χ4n) is 3.53. The van der Waals surface area contributed by atoms with Crippen LogP contribution in [0.1, 0.15) is 12.8 Å². The van der Waals surface area contributed by atoms with Gasteiger partial charge in [-0.15, -0.1) is 18.3 Å². The lowest BCUT2D eigenvalue weighted by molar-refractivity contribution is -0.274. The third kappa shape index (κ3) is 8.13. The minimum Gasteiger partial charge on any atom is -0.406 e. The van der Waals surface area contributed by atoms with E-state index in [0.717, 1.165) is 32.5 Å². The van der Waals surface area contributed by atoms with Gasteiger partial charge in [-0.25, -0.2) is 9.50 Å². The Hall–Kier alpha value is -2.94. The van der Waals surface area contributed by atoms with Crippen LogP contribution in [0.5, 0.6) is 5.75 Å². The van der Waals surface area contributed by atoms with Crippen molar-refractivity contribution in [3.8, 4) is 17.0 Å². The highest BCUT2D eigenvalue weighted by molar-refractivity contribution is 7.79. The second kappa shape index (κ2) is 10.5. The van der Waals surface area contributed by atoms with Crippen LogP contribution in [0.4, 0.5) is 19.0 Å². The molecule has 0 saturated carbocycles. The molecule has 2 aromatic heterocycles. The first-order chi connectivity index (χ1) is 15.9. The second-order valence-corrected chi connectivity index (χ2v) is 8.68. The number of anilines is 1. The summed E-state index contributed by atoms with van der Waals surface area (Å²) in [4.78, 5) is 6.63. The highest BCUT2D eigenvalue weighted by Crippen LogP contribution is 2.28. The Kier molecular flexibility index (Phi) is 7.97. The predicted octanol–water partition coefficient (Wildman–Crippen LogP) is 3.40. The van der Waals surface area contributed by atoms with Gasteiger partial charge in [0.2, 0.25) is 0 Å². The average Bonchev–Trinajstić information content (AvgIpc) is 3.14. The lowest BCUT2D eigenvalue weighted by Crippen LogP contribution is -2.33. The monoisotopic (exact) mass is 503 g/mol. The largest absolute Gasteiger partial charge is 0.573 e. The van der Waals surface area contributed by atoms with Crippen molar-refractivity contribution in [2.75, 3.05) is 32.0 Å². The number of ether oxygens (including phenoxy) is 1. The molecule has 1 aliphatic rings. The van der Waals surface area contributed by atoms with Gasteiger partial charge in [0, 0.05) is 12.1 Å². The number of hydrogen-bond acceptors (Lipinski definition) is 7. The summed E-state index contributed by atoms with van der Waals surface area (Å²) in [7, 11) is -2.53. The van der Waals surface area contributed by atoms with Crippen molar-refractivity contribution in [3.63, 3.8) is 0 Å². The normalized spacial score (nSPS) is 15.6. The van der Waals surface area contributed by atoms with Crippen molar-refractivity contribution in [2.24, 2.45) is 5.92 Å². The summed E-state index contributed by atoms with van der Waals surface area (Å²) in [5.41, 5.74) is 1.75. The summed E-state index contributed by atoms with van der Waals surface area (Å²) in [5.74, 6) is 1.03. The van der Waals surface area contributed by atoms with Crippen LogP contribution in [-0.4, -0.2) is 70.1 Å². The van der Waals surface area contributed by atoms with E-state index < -0.39 is 16.8 Å². The number of imidazole rings is 1. The molecular weight excluding hydrogens is 479 g/mol. The minimum atomic E-state index is -4.73. The molecule has 1 aromatic carbocycles. The Morgan fingerprint density at radius 1 is 1.18 bits per heavy atom. The Morgan fingerprint density at radius 2 is 1.85 bits per heavy atom. The first-order valence-corrected chi connectivity index (χ1v) is 11.6. The number of fused-ring (bicyclic) bond motifs is 1. The fraction of sp³-hybridized carbons (Fsp3) is 0.400. The van der Waals surface area contributed by atoms with E-state index in [4.69, 9.17) is 17.5 Å². The third-order valence-corrected chi connectivity index (χ3v) is 5.14. The fourth-order valence-corrected chi connectivity index (χ4v) is 3.53. The highest BCUT2D eigenvalue weighted by atomic mass is 32.3. The number of hydrogen-bond donors (Lipinski definition) is 3. The van der Waals surface area contributed by atoms with E-state index in [1.165, 1.54) is 18.2 Å². The van der Waals surface area contributed by atoms with E-state index >= 15 is 0 Å². The van der Waals surface area contributed by atoms with Gasteiger partial charge >= 0.3 is 16.8 Å². The molecule has 3 heterocycles. The van der Waals surface area contributed by atoms with Gasteiger partial charge in [0.05, 0.1) is 11.9 Å². The number of benzene rings is 1. The summed E-state index contributed by atoms with van der Waals surface area (Å²) < 4.78 is 74.8. The smallest absolute Gasteiger partial charge is 0.406 e. The van der Waals surface area contributed by atoms with Crippen LogP contribution in [-0.2, 0) is 10.4 Å². The van der Waals surface area contributed by atoms with Gasteiger partial charge in [0.25, 0.3) is 0 Å². The number of piperidine rings is 1. The van der Waals surface area contributed by atoms with Crippen LogP contribution >= 0.6 is 0 Å². The SMILES string of the molecule is CN1CCC(CNc2ccc3ncc(-c4cccc(OC(F)(F)F)c4)n3n2)CC1.O=S(=O)(O)O. The zero-order valence-electron chi connectivity index (χ0n) is 18.1. The number of likely N-dealkylation sites (tertiary alicyclic amines) is 1. The van der Waals surface area contributed by atoms with Crippen LogP contribution in [0.3, 0.4) is 0 Å². The molecule has 0 unspecified atom stereocenters. The maximum Gasteiger partial charge on any atom is 0.573 e. The highest BCUT2D eigenvalue weighted by Gasteiger charge is 2.31. The number of aromatic nitrogens is 3. The van der Waals surface area contributed by atoms with Gasteiger partial charge in [0.1, 0.15) is 11.6 Å². The number of alkyl halides is 3. The Morgan fingerprint density at radius 3 is 2.50 bits per heavy atom. The Labute approximate surface area is 193 Å². The standard InChI is InChI=1S/C20H22F3N5O.H2O4S/c1-27-9-7-14(8-10-27)12-24-18-5-6-19-25-13-17(28(19)26-18)15-3-2-4-16(11-15)29-20(21,22)23;1-5(2,3)4/h2-6,11,13-14H,7-10,12H2,1H3,(H,24,26);(H2,1,2,3,4). The predicted molar refractivity (Wildman–Crippen MR) is 118 cm³/mol. The van der Waals surface area contributed by atoms with Gasteiger partial charge in [0.15, 0.2) is 5.65 Å². The number of nitrogens with zero attached hydrogens (tertiary/aromatic N) is 4. The molecule has 0 radical (unpaired) electrons. The van der Waals surface area contributed by atoms with Crippen molar-refractivity contribution in [1.29, 1.82) is 0 Å². The Bertz CT molecular complexity index is 1200. The molecule has 1 fully saturated rings. The van der Waals surface area contributed by atoms with Crippen molar-refractivity contribution >= 4 is 21.9 Å². The molecule has 1 saturated heterocycles. The molecular formula is C20H24F3N5O5S. The summed E-state index contributed by atoms with van der Waals surface area (Å²) in [6, 6.07) is 9.51. The first kappa shape index (κ1) is 25.7. The van der Waals surface area contributed by atoms with E-state index in [0.29, 0.717) is 28.6 Å². The molecule has 3 aromatic rings. The van der Waals surface area contributed by atoms with Gasteiger partial charge < -0.3 is 15.0 Å². The van der Waals surface area contributed by atoms with Gasteiger partial charge in [-0.1, -0.05) is 12.1 Å². The molecule has 0 bridgehead atoms. The molecule has 1 aliphatic heterocycles. The molecule has 0 spiro atoms. The molecule has 186 valence electrons. The zero-order chi connectivity index (χ0) is 24.9. The summed E-state index contributed by atoms with van der Waals surface area (Å²) in [6.45, 7) is 3.03. The molecule has 3 N–H and O–H groups in total.